The zero-order valence-corrected chi connectivity index (χ0v) is 20.7. The number of piperazine rings is 1. The summed E-state index contributed by atoms with van der Waals surface area (Å²) in [5.41, 5.74) is 3.67. The van der Waals surface area contributed by atoms with E-state index in [-0.39, 0.29) is 0 Å². The van der Waals surface area contributed by atoms with Gasteiger partial charge in [0.1, 0.15) is 11.5 Å². The van der Waals surface area contributed by atoms with Crippen LogP contribution in [0.25, 0.3) is 0 Å². The van der Waals surface area contributed by atoms with Gasteiger partial charge < -0.3 is 19.3 Å². The van der Waals surface area contributed by atoms with Crippen molar-refractivity contribution in [1.29, 1.82) is 0 Å². The van der Waals surface area contributed by atoms with Crippen molar-refractivity contribution in [1.82, 2.24) is 9.21 Å². The Balaban J connectivity index is 0.000000179. The van der Waals surface area contributed by atoms with Crippen molar-refractivity contribution in [3.8, 4) is 11.5 Å². The van der Waals surface area contributed by atoms with Crippen LogP contribution < -0.4 is 14.4 Å². The quantitative estimate of drug-likeness (QED) is 0.621. The van der Waals surface area contributed by atoms with E-state index in [1.165, 1.54) is 34.8 Å². The van der Waals surface area contributed by atoms with Gasteiger partial charge in [0, 0.05) is 55.9 Å². The molecule has 2 aliphatic heterocycles. The van der Waals surface area contributed by atoms with Crippen molar-refractivity contribution >= 4 is 17.6 Å². The summed E-state index contributed by atoms with van der Waals surface area (Å²) in [6.45, 7) is 13.3. The summed E-state index contributed by atoms with van der Waals surface area (Å²) in [4.78, 5) is 6.01. The molecule has 0 spiro atoms. The van der Waals surface area contributed by atoms with E-state index in [4.69, 9.17) is 9.47 Å². The van der Waals surface area contributed by atoms with Crippen molar-refractivity contribution < 1.29 is 9.47 Å². The average Bonchev–Trinajstić information content (AvgIpc) is 2.75. The minimum absolute atomic E-state index is 0.835. The minimum atomic E-state index is 0.835. The van der Waals surface area contributed by atoms with E-state index < -0.39 is 0 Å². The number of methoxy groups -OCH3 is 2. The van der Waals surface area contributed by atoms with E-state index in [9.17, 15) is 0 Å². The molecule has 0 N–H and O–H groups in total. The Kier molecular flexibility index (Phi) is 8.52. The Morgan fingerprint density at radius 3 is 2.00 bits per heavy atom. The maximum atomic E-state index is 5.35. The van der Waals surface area contributed by atoms with Crippen molar-refractivity contribution in [3.05, 3.63) is 47.5 Å². The van der Waals surface area contributed by atoms with Crippen LogP contribution in [0.3, 0.4) is 0 Å². The summed E-state index contributed by atoms with van der Waals surface area (Å²) in [6.07, 6.45) is 0. The molecule has 0 atom stereocenters. The summed E-state index contributed by atoms with van der Waals surface area (Å²) in [7, 11) is 5.63. The molecule has 2 aromatic rings. The normalized spacial score (nSPS) is 17.5. The lowest BCUT2D eigenvalue weighted by molar-refractivity contribution is 0.233. The lowest BCUT2D eigenvalue weighted by atomic mass is 10.0. The number of hydrogen-bond donors (Lipinski definition) is 0. The zero-order chi connectivity index (χ0) is 22.4. The van der Waals surface area contributed by atoms with Crippen LogP contribution >= 0.6 is 11.9 Å². The molecule has 0 radical (unpaired) electrons. The van der Waals surface area contributed by atoms with Gasteiger partial charge in [0.05, 0.1) is 14.2 Å². The molecule has 2 aliphatic rings. The van der Waals surface area contributed by atoms with Crippen LogP contribution in [-0.2, 0) is 0 Å². The summed E-state index contributed by atoms with van der Waals surface area (Å²) in [6, 6.07) is 12.8. The molecule has 0 unspecified atom stereocenters. The van der Waals surface area contributed by atoms with E-state index in [2.05, 4.69) is 78.3 Å². The first kappa shape index (κ1) is 23.8. The van der Waals surface area contributed by atoms with E-state index in [1.54, 1.807) is 14.2 Å². The first-order chi connectivity index (χ1) is 14.9. The molecular weight excluding hydrogens is 406 g/mol. The van der Waals surface area contributed by atoms with Gasteiger partial charge >= 0.3 is 0 Å². The third-order valence-electron chi connectivity index (χ3n) is 5.90. The van der Waals surface area contributed by atoms with Gasteiger partial charge in [-0.05, 0) is 68.1 Å². The van der Waals surface area contributed by atoms with E-state index in [1.807, 2.05) is 11.9 Å². The van der Waals surface area contributed by atoms with Gasteiger partial charge in [-0.2, -0.15) is 0 Å². The van der Waals surface area contributed by atoms with Crippen molar-refractivity contribution in [2.24, 2.45) is 5.92 Å². The Hall–Kier alpha value is -1.89. The van der Waals surface area contributed by atoms with Gasteiger partial charge in [0.15, 0.2) is 0 Å². The highest BCUT2D eigenvalue weighted by Crippen LogP contribution is 2.30. The Labute approximate surface area is 192 Å². The van der Waals surface area contributed by atoms with Gasteiger partial charge in [-0.3, -0.25) is 0 Å². The first-order valence-electron chi connectivity index (χ1n) is 11.0. The number of nitrogens with zero attached hydrogens (tertiary/aromatic N) is 3. The standard InChI is InChI=1S/C13H20N2OS.C12H17NO/c1-11-4-5-12(10-13(11)16-3)17-15-8-6-14(2)7-9-15;1-9-7-13(8-9)11-5-4-10(2)12(6-11)14-3/h4-5,10H,6-9H2,1-3H3;4-6,9H,7-8H2,1-3H3. The number of likely N-dealkylation sites (N-methyl/N-ethyl adjacent to an activating group) is 1. The SMILES string of the molecule is COc1cc(N2CC(C)C2)ccc1C.COc1cc(SN2CCN(C)CC2)ccc1C. The molecule has 6 heteroatoms. The van der Waals surface area contributed by atoms with Crippen LogP contribution in [0.5, 0.6) is 11.5 Å². The molecule has 31 heavy (non-hydrogen) atoms. The van der Waals surface area contributed by atoms with E-state index >= 15 is 0 Å². The topological polar surface area (TPSA) is 28.2 Å². The Bertz CT molecular complexity index is 847. The van der Waals surface area contributed by atoms with Crippen LogP contribution in [0.2, 0.25) is 0 Å². The van der Waals surface area contributed by atoms with E-state index in [0.29, 0.717) is 0 Å². The number of ether oxygens (including phenoxy) is 2. The van der Waals surface area contributed by atoms with Crippen molar-refractivity contribution in [3.63, 3.8) is 0 Å². The fraction of sp³-hybridized carbons (Fsp3) is 0.520. The summed E-state index contributed by atoms with van der Waals surface area (Å²) >= 11 is 1.83. The first-order valence-corrected chi connectivity index (χ1v) is 11.8. The molecule has 0 saturated carbocycles. The highest BCUT2D eigenvalue weighted by molar-refractivity contribution is 7.97. The second-order valence-corrected chi connectivity index (χ2v) is 9.79. The number of rotatable bonds is 5. The largest absolute Gasteiger partial charge is 0.496 e. The van der Waals surface area contributed by atoms with Crippen LogP contribution in [0.4, 0.5) is 5.69 Å². The fourth-order valence-electron chi connectivity index (χ4n) is 3.80. The maximum Gasteiger partial charge on any atom is 0.123 e. The number of aryl methyl sites for hydroxylation is 2. The molecule has 5 nitrogen and oxygen atoms in total. The number of benzene rings is 2. The summed E-state index contributed by atoms with van der Waals surface area (Å²) in [5, 5.41) is 0. The molecule has 0 bridgehead atoms. The zero-order valence-electron chi connectivity index (χ0n) is 19.9. The Morgan fingerprint density at radius 2 is 1.42 bits per heavy atom. The second kappa shape index (κ2) is 11.1. The van der Waals surface area contributed by atoms with Crippen LogP contribution in [0, 0.1) is 19.8 Å². The van der Waals surface area contributed by atoms with Crippen LogP contribution in [-0.4, -0.2) is 69.7 Å². The lowest BCUT2D eigenvalue weighted by Crippen LogP contribution is -2.45. The lowest BCUT2D eigenvalue weighted by Gasteiger charge is -2.39. The number of hydrogen-bond acceptors (Lipinski definition) is 6. The van der Waals surface area contributed by atoms with Gasteiger partial charge in [-0.15, -0.1) is 0 Å². The number of anilines is 1. The van der Waals surface area contributed by atoms with Crippen LogP contribution in [0.15, 0.2) is 41.3 Å². The second-order valence-electron chi connectivity index (χ2n) is 8.62. The molecule has 2 saturated heterocycles. The summed E-state index contributed by atoms with van der Waals surface area (Å²) in [5.74, 6) is 2.80. The fourth-order valence-corrected chi connectivity index (χ4v) is 4.73. The molecule has 2 aromatic carbocycles. The third kappa shape index (κ3) is 6.55. The Morgan fingerprint density at radius 1 is 0.839 bits per heavy atom. The van der Waals surface area contributed by atoms with Gasteiger partial charge in [-0.25, -0.2) is 4.31 Å². The van der Waals surface area contributed by atoms with Gasteiger partial charge in [0.25, 0.3) is 0 Å². The summed E-state index contributed by atoms with van der Waals surface area (Å²) < 4.78 is 13.1. The van der Waals surface area contributed by atoms with E-state index in [0.717, 1.165) is 43.6 Å². The van der Waals surface area contributed by atoms with Crippen molar-refractivity contribution in [2.45, 2.75) is 25.7 Å². The average molecular weight is 444 g/mol. The predicted octanol–water partition coefficient (Wildman–Crippen LogP) is 4.72. The van der Waals surface area contributed by atoms with Gasteiger partial charge in [0.2, 0.25) is 0 Å². The minimum Gasteiger partial charge on any atom is -0.496 e. The molecule has 170 valence electrons. The maximum absolute atomic E-state index is 5.35. The smallest absolute Gasteiger partial charge is 0.123 e. The molecule has 0 amide bonds. The molecule has 0 aliphatic carbocycles. The highest BCUT2D eigenvalue weighted by Gasteiger charge is 2.23. The highest BCUT2D eigenvalue weighted by atomic mass is 32.2. The molecule has 0 aromatic heterocycles. The monoisotopic (exact) mass is 443 g/mol. The third-order valence-corrected chi connectivity index (χ3v) is 6.99. The molecule has 2 fully saturated rings. The molecular formula is C25H37N3O2S. The predicted molar refractivity (Wildman–Crippen MR) is 132 cm³/mol. The van der Waals surface area contributed by atoms with Crippen LogP contribution in [0.1, 0.15) is 18.1 Å². The molecule has 2 heterocycles. The van der Waals surface area contributed by atoms with Gasteiger partial charge in [-0.1, -0.05) is 19.1 Å². The molecule has 4 rings (SSSR count). The van der Waals surface area contributed by atoms with Crippen molar-refractivity contribution in [2.75, 3.05) is 65.4 Å².